The van der Waals surface area contributed by atoms with Crippen LogP contribution in [0.4, 0.5) is 0 Å². The molecular formula is C19H23N. The van der Waals surface area contributed by atoms with Crippen molar-refractivity contribution in [2.24, 2.45) is 0 Å². The van der Waals surface area contributed by atoms with E-state index in [1.165, 1.54) is 29.5 Å². The Hall–Kier alpha value is -1.60. The fourth-order valence-electron chi connectivity index (χ4n) is 3.09. The lowest BCUT2D eigenvalue weighted by Gasteiger charge is -2.27. The maximum atomic E-state index is 3.77. The van der Waals surface area contributed by atoms with Crippen LogP contribution in [0.3, 0.4) is 0 Å². The van der Waals surface area contributed by atoms with Crippen molar-refractivity contribution in [1.82, 2.24) is 5.32 Å². The molecule has 0 saturated carbocycles. The molecule has 0 heterocycles. The number of nitrogens with one attached hydrogen (secondary N) is 1. The molecule has 0 bridgehead atoms. The van der Waals surface area contributed by atoms with E-state index in [-0.39, 0.29) is 5.41 Å². The third kappa shape index (κ3) is 2.78. The quantitative estimate of drug-likeness (QED) is 0.888. The second-order valence-corrected chi connectivity index (χ2v) is 6.50. The van der Waals surface area contributed by atoms with E-state index < -0.39 is 0 Å². The highest BCUT2D eigenvalue weighted by Crippen LogP contribution is 2.25. The molecule has 2 aromatic carbocycles. The molecule has 0 atom stereocenters. The number of fused-ring (bicyclic) bond motifs is 1. The van der Waals surface area contributed by atoms with Crippen LogP contribution in [-0.4, -0.2) is 12.6 Å². The van der Waals surface area contributed by atoms with E-state index in [4.69, 9.17) is 0 Å². The molecule has 0 amide bonds. The first kappa shape index (κ1) is 13.4. The maximum absolute atomic E-state index is 3.77. The van der Waals surface area contributed by atoms with Crippen molar-refractivity contribution >= 4 is 0 Å². The van der Waals surface area contributed by atoms with Gasteiger partial charge in [-0.1, -0.05) is 68.4 Å². The molecule has 0 spiro atoms. The molecule has 1 heteroatoms. The summed E-state index contributed by atoms with van der Waals surface area (Å²) in [5.41, 5.74) is 4.61. The summed E-state index contributed by atoms with van der Waals surface area (Å²) in [4.78, 5) is 0. The minimum Gasteiger partial charge on any atom is -0.312 e. The summed E-state index contributed by atoms with van der Waals surface area (Å²) in [6, 6.07) is 20.2. The average molecular weight is 265 g/mol. The average Bonchev–Trinajstić information content (AvgIpc) is 2.89. The van der Waals surface area contributed by atoms with Gasteiger partial charge in [0.25, 0.3) is 0 Å². The molecule has 1 aliphatic carbocycles. The zero-order valence-electron chi connectivity index (χ0n) is 12.4. The number of rotatable bonds is 4. The van der Waals surface area contributed by atoms with Gasteiger partial charge in [0.05, 0.1) is 0 Å². The Labute approximate surface area is 122 Å². The van der Waals surface area contributed by atoms with Crippen molar-refractivity contribution in [2.75, 3.05) is 6.54 Å². The molecule has 0 fully saturated rings. The fraction of sp³-hybridized carbons (Fsp3) is 0.368. The van der Waals surface area contributed by atoms with Gasteiger partial charge >= 0.3 is 0 Å². The van der Waals surface area contributed by atoms with Crippen molar-refractivity contribution in [2.45, 2.75) is 38.1 Å². The molecule has 104 valence electrons. The minimum atomic E-state index is 0.177. The lowest BCUT2D eigenvalue weighted by molar-refractivity contribution is 0.422. The van der Waals surface area contributed by atoms with Gasteiger partial charge in [-0.3, -0.25) is 0 Å². The van der Waals surface area contributed by atoms with Crippen molar-refractivity contribution in [3.63, 3.8) is 0 Å². The predicted molar refractivity (Wildman–Crippen MR) is 85.1 cm³/mol. The van der Waals surface area contributed by atoms with E-state index in [0.717, 1.165) is 6.54 Å². The zero-order valence-corrected chi connectivity index (χ0v) is 12.4. The first-order valence-corrected chi connectivity index (χ1v) is 7.51. The summed E-state index contributed by atoms with van der Waals surface area (Å²) in [6.07, 6.45) is 2.34. The van der Waals surface area contributed by atoms with E-state index in [1.807, 2.05) is 0 Å². The summed E-state index contributed by atoms with van der Waals surface area (Å²) in [5.74, 6) is 0. The Morgan fingerprint density at radius 1 is 0.900 bits per heavy atom. The van der Waals surface area contributed by atoms with Crippen LogP contribution in [-0.2, 0) is 18.3 Å². The Morgan fingerprint density at radius 3 is 2.05 bits per heavy atom. The first-order valence-electron chi connectivity index (χ1n) is 7.51. The topological polar surface area (TPSA) is 12.0 Å². The summed E-state index contributed by atoms with van der Waals surface area (Å²) in [5, 5.41) is 3.77. The van der Waals surface area contributed by atoms with Crippen LogP contribution in [0.15, 0.2) is 54.6 Å². The van der Waals surface area contributed by atoms with Crippen LogP contribution in [0.25, 0.3) is 0 Å². The van der Waals surface area contributed by atoms with Crippen LogP contribution >= 0.6 is 0 Å². The van der Waals surface area contributed by atoms with Crippen LogP contribution in [0.5, 0.6) is 0 Å². The van der Waals surface area contributed by atoms with Gasteiger partial charge in [0.15, 0.2) is 0 Å². The Balaban J connectivity index is 1.61. The molecule has 0 unspecified atom stereocenters. The van der Waals surface area contributed by atoms with Gasteiger partial charge in [-0.05, 0) is 29.5 Å². The van der Waals surface area contributed by atoms with Crippen molar-refractivity contribution in [3.8, 4) is 0 Å². The summed E-state index contributed by atoms with van der Waals surface area (Å²) in [6.45, 7) is 5.66. The Kier molecular flexibility index (Phi) is 3.62. The van der Waals surface area contributed by atoms with Crippen molar-refractivity contribution in [3.05, 3.63) is 71.3 Å². The lowest BCUT2D eigenvalue weighted by Crippen LogP contribution is -2.39. The molecule has 0 radical (unpaired) electrons. The van der Waals surface area contributed by atoms with Gasteiger partial charge in [-0.2, -0.15) is 0 Å². The van der Waals surface area contributed by atoms with E-state index in [1.54, 1.807) is 0 Å². The van der Waals surface area contributed by atoms with Gasteiger partial charge in [0.1, 0.15) is 0 Å². The molecule has 20 heavy (non-hydrogen) atoms. The molecule has 1 nitrogen and oxygen atoms in total. The van der Waals surface area contributed by atoms with E-state index in [9.17, 15) is 0 Å². The van der Waals surface area contributed by atoms with E-state index in [2.05, 4.69) is 73.8 Å². The largest absolute Gasteiger partial charge is 0.312 e. The van der Waals surface area contributed by atoms with Crippen LogP contribution < -0.4 is 5.32 Å². The van der Waals surface area contributed by atoms with Crippen LogP contribution in [0.1, 0.15) is 30.5 Å². The zero-order chi connectivity index (χ0) is 14.0. The van der Waals surface area contributed by atoms with Gasteiger partial charge < -0.3 is 5.32 Å². The number of hydrogen-bond acceptors (Lipinski definition) is 1. The number of hydrogen-bond donors (Lipinski definition) is 1. The molecule has 3 rings (SSSR count). The third-order valence-corrected chi connectivity index (χ3v) is 4.44. The number of benzene rings is 2. The Bertz CT molecular complexity index is 546. The smallest absolute Gasteiger partial charge is 0.0148 e. The molecule has 1 N–H and O–H groups in total. The van der Waals surface area contributed by atoms with Gasteiger partial charge in [0, 0.05) is 18.0 Å². The SMILES string of the molecule is CC(C)(CNC1Cc2ccccc2C1)c1ccccc1. The fourth-order valence-corrected chi connectivity index (χ4v) is 3.09. The first-order chi connectivity index (χ1) is 9.65. The van der Waals surface area contributed by atoms with Crippen LogP contribution in [0, 0.1) is 0 Å². The summed E-state index contributed by atoms with van der Waals surface area (Å²) >= 11 is 0. The minimum absolute atomic E-state index is 0.177. The van der Waals surface area contributed by atoms with E-state index in [0.29, 0.717) is 6.04 Å². The van der Waals surface area contributed by atoms with Gasteiger partial charge in [0.2, 0.25) is 0 Å². The van der Waals surface area contributed by atoms with E-state index >= 15 is 0 Å². The molecule has 0 aromatic heterocycles. The second-order valence-electron chi connectivity index (χ2n) is 6.50. The predicted octanol–water partition coefficient (Wildman–Crippen LogP) is 3.72. The van der Waals surface area contributed by atoms with Gasteiger partial charge in [-0.15, -0.1) is 0 Å². The van der Waals surface area contributed by atoms with Crippen molar-refractivity contribution in [1.29, 1.82) is 0 Å². The molecular weight excluding hydrogens is 242 g/mol. The summed E-state index contributed by atoms with van der Waals surface area (Å²) < 4.78 is 0. The van der Waals surface area contributed by atoms with Gasteiger partial charge in [-0.25, -0.2) is 0 Å². The Morgan fingerprint density at radius 2 is 1.45 bits per heavy atom. The third-order valence-electron chi connectivity index (χ3n) is 4.44. The highest BCUT2D eigenvalue weighted by molar-refractivity contribution is 5.33. The lowest BCUT2D eigenvalue weighted by atomic mass is 9.84. The monoisotopic (exact) mass is 265 g/mol. The summed E-state index contributed by atoms with van der Waals surface area (Å²) in [7, 11) is 0. The van der Waals surface area contributed by atoms with Crippen molar-refractivity contribution < 1.29 is 0 Å². The molecule has 0 saturated heterocycles. The highest BCUT2D eigenvalue weighted by Gasteiger charge is 2.25. The van der Waals surface area contributed by atoms with Crippen LogP contribution in [0.2, 0.25) is 0 Å². The molecule has 0 aliphatic heterocycles. The molecule has 1 aliphatic rings. The maximum Gasteiger partial charge on any atom is 0.0148 e. The normalized spacial score (nSPS) is 15.3. The standard InChI is InChI=1S/C19H23N/c1-19(2,17-10-4-3-5-11-17)14-20-18-12-15-8-6-7-9-16(15)13-18/h3-11,18,20H,12-14H2,1-2H3. The highest BCUT2D eigenvalue weighted by atomic mass is 14.9. The molecule has 2 aromatic rings. The second kappa shape index (κ2) is 5.41.